The number of nitrogens with one attached hydrogen (secondary N) is 2. The Hall–Kier alpha value is -4.32. The number of nitrogens with zero attached hydrogens (tertiary/aromatic N) is 5. The first-order valence-electron chi connectivity index (χ1n) is 12.3. The maximum absolute atomic E-state index is 13.3. The van der Waals surface area contributed by atoms with Crippen molar-refractivity contribution in [2.75, 3.05) is 33.8 Å². The number of hydrogen-bond donors (Lipinski definition) is 3. The molecule has 1 aromatic carbocycles. The molecule has 1 aromatic heterocycles. The van der Waals surface area contributed by atoms with Gasteiger partial charge in [-0.25, -0.2) is 24.8 Å². The van der Waals surface area contributed by atoms with Gasteiger partial charge in [-0.05, 0) is 24.1 Å². The number of urea groups is 1. The number of benzene rings is 1. The Balaban J connectivity index is 1.75. The van der Waals surface area contributed by atoms with E-state index in [0.29, 0.717) is 35.9 Å². The summed E-state index contributed by atoms with van der Waals surface area (Å²) in [4.78, 5) is 56.4. The molecule has 0 fully saturated rings. The average Bonchev–Trinajstić information content (AvgIpc) is 3.06. The van der Waals surface area contributed by atoms with Crippen LogP contribution >= 0.6 is 0 Å². The van der Waals surface area contributed by atoms with E-state index < -0.39 is 0 Å². The molecule has 2 aromatic rings. The molecule has 0 radical (unpaired) electrons. The molecule has 4 N–H and O–H groups in total. The summed E-state index contributed by atoms with van der Waals surface area (Å²) < 4.78 is 0. The number of rotatable bonds is 10. The van der Waals surface area contributed by atoms with E-state index in [1.165, 1.54) is 16.9 Å². The zero-order chi connectivity index (χ0) is 27.7. The average molecular weight is 523 g/mol. The molecule has 202 valence electrons. The SMILES string of the molecule is CCCN(OCCNC(=O)N(C)C)C(=O)C1=Cc2ccc(-c3cnc(CNC(C)=O)nc3)cc2N=C(N)C1. The van der Waals surface area contributed by atoms with E-state index >= 15 is 0 Å². The second kappa shape index (κ2) is 13.3. The minimum Gasteiger partial charge on any atom is -0.387 e. The van der Waals surface area contributed by atoms with Gasteiger partial charge in [0.2, 0.25) is 5.91 Å². The zero-order valence-corrected chi connectivity index (χ0v) is 22.2. The van der Waals surface area contributed by atoms with Gasteiger partial charge in [0.05, 0.1) is 18.8 Å². The Labute approximate surface area is 221 Å². The highest BCUT2D eigenvalue weighted by Crippen LogP contribution is 2.31. The summed E-state index contributed by atoms with van der Waals surface area (Å²) in [5.41, 5.74) is 9.63. The third kappa shape index (κ3) is 7.84. The predicted octanol–water partition coefficient (Wildman–Crippen LogP) is 2.00. The molecule has 1 aliphatic rings. The summed E-state index contributed by atoms with van der Waals surface area (Å²) >= 11 is 0. The van der Waals surface area contributed by atoms with Crippen molar-refractivity contribution in [2.24, 2.45) is 10.7 Å². The van der Waals surface area contributed by atoms with Crippen LogP contribution in [0.25, 0.3) is 17.2 Å². The molecule has 4 amide bonds. The fourth-order valence-corrected chi connectivity index (χ4v) is 3.57. The second-order valence-electron chi connectivity index (χ2n) is 8.89. The number of nitrogens with two attached hydrogens (primary N) is 1. The zero-order valence-electron chi connectivity index (χ0n) is 22.2. The van der Waals surface area contributed by atoms with Crippen LogP contribution in [-0.2, 0) is 21.0 Å². The predicted molar refractivity (Wildman–Crippen MR) is 144 cm³/mol. The molecular weight excluding hydrogens is 488 g/mol. The summed E-state index contributed by atoms with van der Waals surface area (Å²) in [6.45, 7) is 4.43. The van der Waals surface area contributed by atoms with Crippen LogP contribution in [0.2, 0.25) is 0 Å². The van der Waals surface area contributed by atoms with Crippen LogP contribution in [-0.4, -0.2) is 77.4 Å². The third-order valence-corrected chi connectivity index (χ3v) is 5.49. The van der Waals surface area contributed by atoms with Crippen molar-refractivity contribution in [2.45, 2.75) is 33.2 Å². The Morgan fingerprint density at radius 2 is 1.84 bits per heavy atom. The van der Waals surface area contributed by atoms with Crippen molar-refractivity contribution in [1.82, 2.24) is 30.6 Å². The fourth-order valence-electron chi connectivity index (χ4n) is 3.57. The van der Waals surface area contributed by atoms with E-state index in [1.54, 1.807) is 32.6 Å². The molecule has 0 atom stereocenters. The van der Waals surface area contributed by atoms with Crippen molar-refractivity contribution in [3.05, 3.63) is 47.6 Å². The number of hydrogen-bond acceptors (Lipinski definition) is 8. The highest BCUT2D eigenvalue weighted by Gasteiger charge is 2.22. The van der Waals surface area contributed by atoms with Crippen molar-refractivity contribution in [1.29, 1.82) is 0 Å². The summed E-state index contributed by atoms with van der Waals surface area (Å²) in [6, 6.07) is 5.40. The standard InChI is InChI=1S/C26H34N8O4/c1-5-9-34(38-10-8-28-26(37)33(3)4)25(36)20-11-19-7-6-18(12-22(19)32-23(27)13-20)21-14-30-24(31-15-21)16-29-17(2)35/h6-7,11-12,14-15H,5,8-10,13,16H2,1-4H3,(H2,27,32)(H,28,37)(H,29,35). The third-order valence-electron chi connectivity index (χ3n) is 5.49. The van der Waals surface area contributed by atoms with Crippen LogP contribution in [0, 0.1) is 0 Å². The fraction of sp³-hybridized carbons (Fsp3) is 0.385. The summed E-state index contributed by atoms with van der Waals surface area (Å²) in [6.07, 6.45) is 6.00. The van der Waals surface area contributed by atoms with Crippen molar-refractivity contribution in [3.63, 3.8) is 0 Å². The van der Waals surface area contributed by atoms with Gasteiger partial charge in [-0.1, -0.05) is 19.1 Å². The van der Waals surface area contributed by atoms with Crippen LogP contribution in [0.15, 0.2) is 41.2 Å². The lowest BCUT2D eigenvalue weighted by molar-refractivity contribution is -0.181. The Kier molecular flexibility index (Phi) is 9.88. The number of carbonyl (C=O) groups excluding carboxylic acids is 3. The molecule has 38 heavy (non-hydrogen) atoms. The molecule has 2 heterocycles. The molecule has 3 rings (SSSR count). The van der Waals surface area contributed by atoms with Crippen LogP contribution in [0.3, 0.4) is 0 Å². The Bertz CT molecular complexity index is 1220. The number of aromatic nitrogens is 2. The van der Waals surface area contributed by atoms with E-state index in [4.69, 9.17) is 10.6 Å². The van der Waals surface area contributed by atoms with Gasteiger partial charge in [0.1, 0.15) is 11.7 Å². The molecule has 0 saturated heterocycles. The largest absolute Gasteiger partial charge is 0.387 e. The van der Waals surface area contributed by atoms with E-state index in [1.807, 2.05) is 25.1 Å². The maximum Gasteiger partial charge on any atom is 0.316 e. The van der Waals surface area contributed by atoms with Gasteiger partial charge in [0.25, 0.3) is 5.91 Å². The smallest absolute Gasteiger partial charge is 0.316 e. The highest BCUT2D eigenvalue weighted by molar-refractivity contribution is 6.05. The van der Waals surface area contributed by atoms with Crippen molar-refractivity contribution < 1.29 is 19.2 Å². The number of aliphatic imine (C=N–C) groups is 1. The van der Waals surface area contributed by atoms with Crippen LogP contribution < -0.4 is 16.4 Å². The maximum atomic E-state index is 13.3. The normalized spacial score (nSPS) is 12.4. The highest BCUT2D eigenvalue weighted by atomic mass is 16.7. The van der Waals surface area contributed by atoms with Gasteiger partial charge < -0.3 is 21.3 Å². The van der Waals surface area contributed by atoms with E-state index in [2.05, 4.69) is 25.6 Å². The second-order valence-corrected chi connectivity index (χ2v) is 8.89. The van der Waals surface area contributed by atoms with Gasteiger partial charge in [0.15, 0.2) is 0 Å². The number of carbonyl (C=O) groups is 3. The van der Waals surface area contributed by atoms with Crippen LogP contribution in [0.4, 0.5) is 10.5 Å². The molecule has 12 heteroatoms. The van der Waals surface area contributed by atoms with Gasteiger partial charge in [0, 0.05) is 69.6 Å². The van der Waals surface area contributed by atoms with Crippen molar-refractivity contribution in [3.8, 4) is 11.1 Å². The summed E-state index contributed by atoms with van der Waals surface area (Å²) in [7, 11) is 3.29. The molecule has 0 aliphatic carbocycles. The molecular formula is C26H34N8O4. The number of fused-ring (bicyclic) bond motifs is 1. The van der Waals surface area contributed by atoms with Crippen LogP contribution in [0.5, 0.6) is 0 Å². The molecule has 0 spiro atoms. The first-order chi connectivity index (χ1) is 18.2. The van der Waals surface area contributed by atoms with Gasteiger partial charge in [-0.15, -0.1) is 0 Å². The molecule has 0 bridgehead atoms. The first-order valence-corrected chi connectivity index (χ1v) is 12.3. The van der Waals surface area contributed by atoms with Crippen LogP contribution in [0.1, 0.15) is 38.1 Å². The summed E-state index contributed by atoms with van der Waals surface area (Å²) in [5, 5.41) is 6.68. The molecule has 12 nitrogen and oxygen atoms in total. The Morgan fingerprint density at radius 1 is 1.11 bits per heavy atom. The summed E-state index contributed by atoms with van der Waals surface area (Å²) in [5.74, 6) is 0.356. The van der Waals surface area contributed by atoms with Gasteiger partial charge in [-0.2, -0.15) is 0 Å². The number of amides is 4. The lowest BCUT2D eigenvalue weighted by Crippen LogP contribution is -2.39. The minimum atomic E-state index is -0.302. The molecule has 1 aliphatic heterocycles. The van der Waals surface area contributed by atoms with E-state index in [-0.39, 0.29) is 44.0 Å². The quantitative estimate of drug-likeness (QED) is 0.318. The Morgan fingerprint density at radius 3 is 2.50 bits per heavy atom. The monoisotopic (exact) mass is 522 g/mol. The minimum absolute atomic E-state index is 0.147. The number of amidine groups is 1. The van der Waals surface area contributed by atoms with Gasteiger partial charge >= 0.3 is 6.03 Å². The number of hydroxylamine groups is 2. The topological polar surface area (TPSA) is 155 Å². The van der Waals surface area contributed by atoms with E-state index in [0.717, 1.165) is 16.7 Å². The van der Waals surface area contributed by atoms with Gasteiger partial charge in [-0.3, -0.25) is 14.4 Å². The van der Waals surface area contributed by atoms with Crippen molar-refractivity contribution >= 4 is 35.4 Å². The lowest BCUT2D eigenvalue weighted by atomic mass is 10.0. The van der Waals surface area contributed by atoms with E-state index in [9.17, 15) is 14.4 Å². The molecule has 0 unspecified atom stereocenters. The first kappa shape index (κ1) is 28.3. The lowest BCUT2D eigenvalue weighted by Gasteiger charge is -2.23. The molecule has 0 saturated carbocycles.